The Kier molecular flexibility index (Phi) is 13.7. The zero-order valence-electron chi connectivity index (χ0n) is 21.1. The molecule has 0 aromatic heterocycles. The van der Waals surface area contributed by atoms with E-state index in [4.69, 9.17) is 9.47 Å². The van der Waals surface area contributed by atoms with Crippen LogP contribution in [0.25, 0.3) is 5.57 Å². The van der Waals surface area contributed by atoms with E-state index < -0.39 is 0 Å². The third kappa shape index (κ3) is 10.5. The topological polar surface area (TPSA) is 18.5 Å². The van der Waals surface area contributed by atoms with Crippen LogP contribution in [0.2, 0.25) is 0 Å². The van der Waals surface area contributed by atoms with Gasteiger partial charge in [-0.1, -0.05) is 114 Å². The van der Waals surface area contributed by atoms with E-state index in [1.165, 1.54) is 68.9 Å². The van der Waals surface area contributed by atoms with E-state index >= 15 is 0 Å². The van der Waals surface area contributed by atoms with Gasteiger partial charge in [0.1, 0.15) is 0 Å². The minimum Gasteiger partial charge on any atom is -0.379 e. The van der Waals surface area contributed by atoms with Gasteiger partial charge in [0.2, 0.25) is 0 Å². The molecule has 0 N–H and O–H groups in total. The average molecular weight is 441 g/mol. The molecule has 2 nitrogen and oxygen atoms in total. The van der Waals surface area contributed by atoms with Gasteiger partial charge in [-0.25, -0.2) is 0 Å². The molecule has 0 bridgehead atoms. The van der Waals surface area contributed by atoms with Gasteiger partial charge in [0, 0.05) is 13.2 Å². The predicted octanol–water partition coefficient (Wildman–Crippen LogP) is 8.91. The average Bonchev–Trinajstić information content (AvgIpc) is 2.83. The summed E-state index contributed by atoms with van der Waals surface area (Å²) in [6, 6.07) is 10.7. The Morgan fingerprint density at radius 1 is 0.844 bits per heavy atom. The molecule has 1 aromatic carbocycles. The van der Waals surface area contributed by atoms with Crippen LogP contribution in [0.3, 0.4) is 0 Å². The number of hydrogen-bond acceptors (Lipinski definition) is 2. The van der Waals surface area contributed by atoms with Gasteiger partial charge in [0.05, 0.1) is 11.7 Å². The molecule has 2 unspecified atom stereocenters. The van der Waals surface area contributed by atoms with Gasteiger partial charge >= 0.3 is 0 Å². The van der Waals surface area contributed by atoms with Crippen molar-refractivity contribution in [1.82, 2.24) is 0 Å². The Morgan fingerprint density at radius 2 is 1.53 bits per heavy atom. The van der Waals surface area contributed by atoms with E-state index in [0.29, 0.717) is 0 Å². The first kappa shape index (κ1) is 26.9. The Balaban J connectivity index is 1.82. The second-order valence-electron chi connectivity index (χ2n) is 9.52. The van der Waals surface area contributed by atoms with Crippen LogP contribution in [0.1, 0.15) is 110 Å². The molecule has 2 heteroatoms. The van der Waals surface area contributed by atoms with Crippen LogP contribution in [0.15, 0.2) is 48.6 Å². The molecule has 0 fully saturated rings. The molecule has 0 aliphatic heterocycles. The van der Waals surface area contributed by atoms with Crippen molar-refractivity contribution >= 4 is 5.57 Å². The molecule has 1 aliphatic rings. The van der Waals surface area contributed by atoms with Crippen LogP contribution in [-0.2, 0) is 9.47 Å². The van der Waals surface area contributed by atoms with Gasteiger partial charge in [0.15, 0.2) is 0 Å². The van der Waals surface area contributed by atoms with Crippen molar-refractivity contribution in [2.24, 2.45) is 0 Å². The van der Waals surface area contributed by atoms with Crippen LogP contribution in [-0.4, -0.2) is 24.9 Å². The maximum Gasteiger partial charge on any atom is 0.0901 e. The Morgan fingerprint density at radius 3 is 2.19 bits per heavy atom. The van der Waals surface area contributed by atoms with Crippen LogP contribution in [0.5, 0.6) is 0 Å². The minimum absolute atomic E-state index is 0.179. The standard InChI is InChI=1S/C30H48O2/c1-4-6-8-9-10-11-12-16-26-32-30(22-19-27(3)31-25-7-5-2)23-20-29(21-24-30)28-17-14-13-15-18-28/h13-15,17-18,20-21,23,27H,4-12,16,19,22,24-26H2,1-3H3. The largest absolute Gasteiger partial charge is 0.379 e. The number of hydrogen-bond donors (Lipinski definition) is 0. The number of ether oxygens (including phenoxy) is 2. The summed E-state index contributed by atoms with van der Waals surface area (Å²) in [4.78, 5) is 0. The molecule has 0 radical (unpaired) electrons. The summed E-state index contributed by atoms with van der Waals surface area (Å²) in [5.41, 5.74) is 2.42. The Labute approximate surface area is 198 Å². The van der Waals surface area contributed by atoms with E-state index in [1.807, 2.05) is 0 Å². The Hall–Kier alpha value is -1.38. The highest BCUT2D eigenvalue weighted by Gasteiger charge is 2.30. The molecule has 0 spiro atoms. The number of unbranched alkanes of at least 4 members (excludes halogenated alkanes) is 8. The number of allylic oxidation sites excluding steroid dienone is 2. The maximum atomic E-state index is 6.59. The number of rotatable bonds is 18. The monoisotopic (exact) mass is 440 g/mol. The summed E-state index contributed by atoms with van der Waals surface area (Å²) in [6.07, 6.45) is 23.3. The van der Waals surface area contributed by atoms with Gasteiger partial charge < -0.3 is 9.47 Å². The van der Waals surface area contributed by atoms with E-state index in [0.717, 1.165) is 38.9 Å². The van der Waals surface area contributed by atoms with Gasteiger partial charge in [-0.3, -0.25) is 0 Å². The first-order valence-corrected chi connectivity index (χ1v) is 13.4. The lowest BCUT2D eigenvalue weighted by atomic mass is 9.85. The van der Waals surface area contributed by atoms with Crippen molar-refractivity contribution in [3.05, 3.63) is 54.1 Å². The third-order valence-electron chi connectivity index (χ3n) is 6.60. The smallest absolute Gasteiger partial charge is 0.0901 e. The van der Waals surface area contributed by atoms with Crippen molar-refractivity contribution < 1.29 is 9.47 Å². The van der Waals surface area contributed by atoms with Gasteiger partial charge in [-0.15, -0.1) is 0 Å². The number of benzene rings is 1. The van der Waals surface area contributed by atoms with Crippen molar-refractivity contribution in [1.29, 1.82) is 0 Å². The summed E-state index contributed by atoms with van der Waals surface area (Å²) in [5.74, 6) is 0. The first-order chi connectivity index (χ1) is 15.7. The fourth-order valence-corrected chi connectivity index (χ4v) is 4.34. The van der Waals surface area contributed by atoms with Gasteiger partial charge in [0.25, 0.3) is 0 Å². The molecule has 0 saturated heterocycles. The molecule has 0 heterocycles. The summed E-state index contributed by atoms with van der Waals surface area (Å²) in [5, 5.41) is 0. The van der Waals surface area contributed by atoms with Crippen LogP contribution in [0.4, 0.5) is 0 Å². The molecular weight excluding hydrogens is 392 g/mol. The van der Waals surface area contributed by atoms with Crippen LogP contribution < -0.4 is 0 Å². The molecule has 2 atom stereocenters. The molecule has 1 aromatic rings. The highest BCUT2D eigenvalue weighted by Crippen LogP contribution is 2.34. The van der Waals surface area contributed by atoms with E-state index in [2.05, 4.69) is 69.3 Å². The second-order valence-corrected chi connectivity index (χ2v) is 9.52. The summed E-state index contributed by atoms with van der Waals surface area (Å²) >= 11 is 0. The molecule has 32 heavy (non-hydrogen) atoms. The lowest BCUT2D eigenvalue weighted by Crippen LogP contribution is -2.33. The van der Waals surface area contributed by atoms with Crippen molar-refractivity contribution in [3.63, 3.8) is 0 Å². The SMILES string of the molecule is CCCCCCCCCCOC1(CCC(C)OCCCC)C=CC(c2ccccc2)=CC1. The molecule has 180 valence electrons. The van der Waals surface area contributed by atoms with E-state index in [1.54, 1.807) is 0 Å². The van der Waals surface area contributed by atoms with Crippen molar-refractivity contribution in [3.8, 4) is 0 Å². The fourth-order valence-electron chi connectivity index (χ4n) is 4.34. The normalized spacial score (nSPS) is 19.2. The van der Waals surface area contributed by atoms with Gasteiger partial charge in [-0.2, -0.15) is 0 Å². The summed E-state index contributed by atoms with van der Waals surface area (Å²) in [6.45, 7) is 8.44. The first-order valence-electron chi connectivity index (χ1n) is 13.4. The maximum absolute atomic E-state index is 6.59. The molecule has 2 rings (SSSR count). The van der Waals surface area contributed by atoms with E-state index in [-0.39, 0.29) is 11.7 Å². The van der Waals surface area contributed by atoms with Gasteiger partial charge in [-0.05, 0) is 50.2 Å². The summed E-state index contributed by atoms with van der Waals surface area (Å²) < 4.78 is 12.6. The quantitative estimate of drug-likeness (QED) is 0.212. The third-order valence-corrected chi connectivity index (χ3v) is 6.60. The van der Waals surface area contributed by atoms with Crippen LogP contribution in [0, 0.1) is 0 Å². The summed E-state index contributed by atoms with van der Waals surface area (Å²) in [7, 11) is 0. The van der Waals surface area contributed by atoms with Crippen LogP contribution >= 0.6 is 0 Å². The molecule has 0 amide bonds. The van der Waals surface area contributed by atoms with E-state index in [9.17, 15) is 0 Å². The fraction of sp³-hybridized carbons (Fsp3) is 0.667. The minimum atomic E-state index is -0.179. The lowest BCUT2D eigenvalue weighted by molar-refractivity contribution is -0.0297. The predicted molar refractivity (Wildman–Crippen MR) is 139 cm³/mol. The lowest BCUT2D eigenvalue weighted by Gasteiger charge is -2.34. The van der Waals surface area contributed by atoms with Crippen molar-refractivity contribution in [2.45, 2.75) is 116 Å². The highest BCUT2D eigenvalue weighted by atomic mass is 16.5. The molecular formula is C30H48O2. The zero-order chi connectivity index (χ0) is 22.9. The Bertz CT molecular complexity index is 648. The highest BCUT2D eigenvalue weighted by molar-refractivity contribution is 5.75. The second kappa shape index (κ2) is 16.3. The van der Waals surface area contributed by atoms with Crippen molar-refractivity contribution in [2.75, 3.05) is 13.2 Å². The molecule has 0 saturated carbocycles. The zero-order valence-corrected chi connectivity index (χ0v) is 21.1. The molecule has 1 aliphatic carbocycles.